The average molecular weight is 423 g/mol. The number of carbonyl (C=O) groups is 2. The number of hydrogen-bond donors (Lipinski definition) is 0. The zero-order valence-corrected chi connectivity index (χ0v) is 19.4. The Labute approximate surface area is 180 Å². The molecule has 0 aromatic rings. The number of rotatable bonds is 7. The molecule has 4 aliphatic rings. The van der Waals surface area contributed by atoms with E-state index in [-0.39, 0.29) is 47.8 Å². The number of carbonyl (C=O) groups excluding carboxylic acids is 2. The van der Waals surface area contributed by atoms with Crippen LogP contribution < -0.4 is 0 Å². The summed E-state index contributed by atoms with van der Waals surface area (Å²) in [5.41, 5.74) is -1.09. The third-order valence-electron chi connectivity index (χ3n) is 8.24. The van der Waals surface area contributed by atoms with Crippen LogP contribution in [0.1, 0.15) is 92.9 Å². The highest BCUT2D eigenvalue weighted by molar-refractivity contribution is 5.78. The summed E-state index contributed by atoms with van der Waals surface area (Å²) in [4.78, 5) is 24.9. The van der Waals surface area contributed by atoms with Crippen molar-refractivity contribution in [2.24, 2.45) is 11.8 Å². The van der Waals surface area contributed by atoms with E-state index in [1.165, 1.54) is 0 Å². The Balaban J connectivity index is 1.21. The van der Waals surface area contributed by atoms with Crippen molar-refractivity contribution < 1.29 is 28.5 Å². The SMILES string of the molecule is CC(C)(OC(=O)CCC(=O)OC(C)(C)C1CCC2OC2(C)C1)C1CCC2(C)OC2C1. The maximum absolute atomic E-state index is 12.5. The Hall–Kier alpha value is -1.14. The van der Waals surface area contributed by atoms with Crippen LogP contribution in [0.3, 0.4) is 0 Å². The van der Waals surface area contributed by atoms with Crippen LogP contribution in [0.5, 0.6) is 0 Å². The molecule has 2 aliphatic carbocycles. The molecule has 0 aromatic carbocycles. The van der Waals surface area contributed by atoms with Crippen LogP contribution >= 0.6 is 0 Å². The van der Waals surface area contributed by atoms with Crippen LogP contribution in [0.2, 0.25) is 0 Å². The molecule has 4 fully saturated rings. The van der Waals surface area contributed by atoms with Gasteiger partial charge in [-0.25, -0.2) is 0 Å². The lowest BCUT2D eigenvalue weighted by Gasteiger charge is -2.37. The quantitative estimate of drug-likeness (QED) is 0.449. The van der Waals surface area contributed by atoms with Gasteiger partial charge in [0.1, 0.15) is 11.2 Å². The van der Waals surface area contributed by atoms with Gasteiger partial charge in [-0.1, -0.05) is 0 Å². The molecular weight excluding hydrogens is 384 g/mol. The minimum atomic E-state index is -0.556. The van der Waals surface area contributed by atoms with Crippen molar-refractivity contribution in [1.82, 2.24) is 0 Å². The van der Waals surface area contributed by atoms with Crippen LogP contribution in [-0.2, 0) is 28.5 Å². The summed E-state index contributed by atoms with van der Waals surface area (Å²) in [5.74, 6) is -0.107. The lowest BCUT2D eigenvalue weighted by atomic mass is 9.74. The number of esters is 2. The number of fused-ring (bicyclic) bond motifs is 2. The van der Waals surface area contributed by atoms with Crippen molar-refractivity contribution in [3.05, 3.63) is 0 Å². The largest absolute Gasteiger partial charge is 0.459 e. The van der Waals surface area contributed by atoms with Gasteiger partial charge in [-0.3, -0.25) is 9.59 Å². The highest BCUT2D eigenvalue weighted by Gasteiger charge is 2.58. The van der Waals surface area contributed by atoms with Gasteiger partial charge >= 0.3 is 11.9 Å². The molecule has 2 heterocycles. The van der Waals surface area contributed by atoms with Gasteiger partial charge in [0, 0.05) is 11.8 Å². The summed E-state index contributed by atoms with van der Waals surface area (Å²) in [6.07, 6.45) is 6.65. The Kier molecular flexibility index (Phi) is 5.29. The lowest BCUT2D eigenvalue weighted by Crippen LogP contribution is -2.41. The van der Waals surface area contributed by atoms with Crippen LogP contribution in [0.15, 0.2) is 0 Å². The second-order valence-electron chi connectivity index (χ2n) is 11.4. The molecule has 0 spiro atoms. The highest BCUT2D eigenvalue weighted by atomic mass is 16.6. The molecule has 2 saturated heterocycles. The number of ether oxygens (including phenoxy) is 4. The van der Waals surface area contributed by atoms with Gasteiger partial charge in [-0.2, -0.15) is 0 Å². The predicted octanol–water partition coefficient (Wildman–Crippen LogP) is 4.33. The fourth-order valence-corrected chi connectivity index (χ4v) is 5.71. The van der Waals surface area contributed by atoms with Crippen LogP contribution in [-0.4, -0.2) is 46.6 Å². The number of epoxide rings is 2. The van der Waals surface area contributed by atoms with Crippen LogP contribution in [0.4, 0.5) is 0 Å². The van der Waals surface area contributed by atoms with Gasteiger partial charge in [0.05, 0.1) is 36.3 Å². The Morgan fingerprint density at radius 1 is 0.833 bits per heavy atom. The van der Waals surface area contributed by atoms with E-state index < -0.39 is 11.2 Å². The number of hydrogen-bond acceptors (Lipinski definition) is 6. The summed E-state index contributed by atoms with van der Waals surface area (Å²) >= 11 is 0. The second kappa shape index (κ2) is 7.19. The molecule has 170 valence electrons. The normalized spacial score (nSPS) is 40.1. The van der Waals surface area contributed by atoms with Gasteiger partial charge in [0.2, 0.25) is 0 Å². The van der Waals surface area contributed by atoms with E-state index in [1.807, 2.05) is 27.7 Å². The van der Waals surface area contributed by atoms with E-state index in [4.69, 9.17) is 18.9 Å². The van der Waals surface area contributed by atoms with E-state index in [0.717, 1.165) is 38.5 Å². The van der Waals surface area contributed by atoms with Gasteiger partial charge in [0.25, 0.3) is 0 Å². The van der Waals surface area contributed by atoms with Crippen molar-refractivity contribution in [3.8, 4) is 0 Å². The molecular formula is C24H38O6. The topological polar surface area (TPSA) is 77.7 Å². The van der Waals surface area contributed by atoms with Crippen molar-refractivity contribution in [1.29, 1.82) is 0 Å². The zero-order valence-electron chi connectivity index (χ0n) is 19.4. The first-order valence-corrected chi connectivity index (χ1v) is 11.6. The Bertz CT molecular complexity index is 714. The highest BCUT2D eigenvalue weighted by Crippen LogP contribution is 2.53. The standard InChI is InChI=1S/C24H38O6/c1-21(2,15-11-12-23(5)18(13-15)28-23)29-19(25)9-10-20(26)30-22(3,4)16-7-8-17-24(6,14-16)27-17/h15-18H,7-14H2,1-6H3. The smallest absolute Gasteiger partial charge is 0.306 e. The molecule has 0 N–H and O–H groups in total. The second-order valence-corrected chi connectivity index (χ2v) is 11.4. The van der Waals surface area contributed by atoms with Crippen molar-refractivity contribution >= 4 is 11.9 Å². The Morgan fingerprint density at radius 3 is 1.97 bits per heavy atom. The van der Waals surface area contributed by atoms with Gasteiger partial charge in [-0.05, 0) is 80.1 Å². The third kappa shape index (κ3) is 4.40. The summed E-state index contributed by atoms with van der Waals surface area (Å²) in [6, 6.07) is 0. The molecule has 0 radical (unpaired) electrons. The summed E-state index contributed by atoms with van der Waals surface area (Å²) < 4.78 is 23.1. The van der Waals surface area contributed by atoms with Gasteiger partial charge in [0.15, 0.2) is 0 Å². The molecule has 6 unspecified atom stereocenters. The van der Waals surface area contributed by atoms with Crippen molar-refractivity contribution in [2.45, 2.75) is 128 Å². The molecule has 6 nitrogen and oxygen atoms in total. The minimum Gasteiger partial charge on any atom is -0.459 e. The molecule has 4 rings (SSSR count). The molecule has 2 saturated carbocycles. The van der Waals surface area contributed by atoms with Gasteiger partial charge in [-0.15, -0.1) is 0 Å². The fraction of sp³-hybridized carbons (Fsp3) is 0.917. The molecule has 0 aromatic heterocycles. The van der Waals surface area contributed by atoms with Crippen LogP contribution in [0.25, 0.3) is 0 Å². The first-order chi connectivity index (χ1) is 13.8. The fourth-order valence-electron chi connectivity index (χ4n) is 5.71. The predicted molar refractivity (Wildman–Crippen MR) is 111 cm³/mol. The van der Waals surface area contributed by atoms with E-state index >= 15 is 0 Å². The molecule has 30 heavy (non-hydrogen) atoms. The van der Waals surface area contributed by atoms with E-state index in [1.54, 1.807) is 0 Å². The Morgan fingerprint density at radius 2 is 1.40 bits per heavy atom. The van der Waals surface area contributed by atoms with E-state index in [9.17, 15) is 9.59 Å². The van der Waals surface area contributed by atoms with E-state index in [2.05, 4.69) is 13.8 Å². The van der Waals surface area contributed by atoms with Gasteiger partial charge < -0.3 is 18.9 Å². The van der Waals surface area contributed by atoms with Crippen molar-refractivity contribution in [2.75, 3.05) is 0 Å². The molecule has 0 bridgehead atoms. The average Bonchev–Trinajstić information content (AvgIpc) is 3.50. The molecule has 6 atom stereocenters. The first-order valence-electron chi connectivity index (χ1n) is 11.6. The molecule has 0 amide bonds. The van der Waals surface area contributed by atoms with Crippen LogP contribution in [0, 0.1) is 11.8 Å². The summed E-state index contributed by atoms with van der Waals surface area (Å²) in [6.45, 7) is 12.2. The zero-order chi connectivity index (χ0) is 21.9. The maximum Gasteiger partial charge on any atom is 0.306 e. The molecule has 6 heteroatoms. The monoisotopic (exact) mass is 422 g/mol. The first kappa shape index (κ1) is 22.1. The van der Waals surface area contributed by atoms with E-state index in [0.29, 0.717) is 12.2 Å². The third-order valence-corrected chi connectivity index (χ3v) is 8.24. The molecule has 2 aliphatic heterocycles. The van der Waals surface area contributed by atoms with Crippen molar-refractivity contribution in [3.63, 3.8) is 0 Å². The minimum absolute atomic E-state index is 0.0377. The maximum atomic E-state index is 12.5. The summed E-state index contributed by atoms with van der Waals surface area (Å²) in [7, 11) is 0. The lowest BCUT2D eigenvalue weighted by molar-refractivity contribution is -0.170. The summed E-state index contributed by atoms with van der Waals surface area (Å²) in [5, 5.41) is 0.